The molecule has 0 N–H and O–H groups in total. The molecule has 10 heteroatoms. The number of nitrogens with zero attached hydrogens (tertiary/aromatic N) is 5. The predicted molar refractivity (Wildman–Crippen MR) is 78.1 cm³/mol. The van der Waals surface area contributed by atoms with Crippen LogP contribution in [0.3, 0.4) is 0 Å². The molecule has 0 saturated carbocycles. The van der Waals surface area contributed by atoms with Crippen LogP contribution in [0.4, 0.5) is 13.2 Å². The van der Waals surface area contributed by atoms with Crippen LogP contribution in [-0.4, -0.2) is 49.4 Å². The Morgan fingerprint density at radius 2 is 2.17 bits per heavy atom. The lowest BCUT2D eigenvalue weighted by atomic mass is 9.97. The zero-order valence-electron chi connectivity index (χ0n) is 13.0. The van der Waals surface area contributed by atoms with Crippen molar-refractivity contribution in [3.05, 3.63) is 22.9 Å². The topological polar surface area (TPSA) is 73.0 Å². The third kappa shape index (κ3) is 3.00. The van der Waals surface area contributed by atoms with Crippen LogP contribution in [0, 0.1) is 5.92 Å². The number of hydrogen-bond donors (Lipinski definition) is 0. The molecule has 0 spiro atoms. The van der Waals surface area contributed by atoms with Gasteiger partial charge < -0.3 is 4.90 Å². The van der Waals surface area contributed by atoms with Gasteiger partial charge in [0.25, 0.3) is 5.56 Å². The monoisotopic (exact) mass is 343 g/mol. The average Bonchev–Trinajstić information content (AvgIpc) is 2.91. The van der Waals surface area contributed by atoms with Crippen LogP contribution in [0.5, 0.6) is 0 Å². The summed E-state index contributed by atoms with van der Waals surface area (Å²) in [5.41, 5.74) is -0.0513. The molecule has 0 bridgehead atoms. The minimum Gasteiger partial charge on any atom is -0.341 e. The molecule has 1 amide bonds. The van der Waals surface area contributed by atoms with E-state index in [1.165, 1.54) is 22.1 Å². The van der Waals surface area contributed by atoms with Gasteiger partial charge in [-0.2, -0.15) is 18.3 Å². The Balaban J connectivity index is 1.77. The standard InChI is InChI=1S/C14H16F3N5O2/c1-20-12-10(5-19-20)13(24)22(8-18-12)7-11(23)21-4-2-3-9(6-21)14(15,16)17/h5,8-9H,2-4,6-7H2,1H3/t9-/m0/s1. The van der Waals surface area contributed by atoms with Gasteiger partial charge in [0, 0.05) is 20.1 Å². The van der Waals surface area contributed by atoms with Crippen LogP contribution in [0.15, 0.2) is 17.3 Å². The molecule has 7 nitrogen and oxygen atoms in total. The van der Waals surface area contributed by atoms with Crippen molar-refractivity contribution in [1.82, 2.24) is 24.2 Å². The second kappa shape index (κ2) is 5.91. The quantitative estimate of drug-likeness (QED) is 0.813. The number of fused-ring (bicyclic) bond motifs is 1. The van der Waals surface area contributed by atoms with Gasteiger partial charge in [-0.25, -0.2) is 4.98 Å². The zero-order valence-corrected chi connectivity index (χ0v) is 13.0. The van der Waals surface area contributed by atoms with Crippen LogP contribution in [0.2, 0.25) is 0 Å². The van der Waals surface area contributed by atoms with Crippen molar-refractivity contribution >= 4 is 16.9 Å². The highest BCUT2D eigenvalue weighted by Crippen LogP contribution is 2.33. The van der Waals surface area contributed by atoms with E-state index in [-0.39, 0.29) is 31.4 Å². The summed E-state index contributed by atoms with van der Waals surface area (Å²) in [5.74, 6) is -2.03. The number of aromatic nitrogens is 4. The van der Waals surface area contributed by atoms with E-state index in [0.717, 1.165) is 4.57 Å². The molecule has 0 aromatic carbocycles. The normalized spacial score (nSPS) is 19.0. The van der Waals surface area contributed by atoms with Crippen LogP contribution >= 0.6 is 0 Å². The number of carbonyl (C=O) groups is 1. The third-order valence-corrected chi connectivity index (χ3v) is 4.26. The largest absolute Gasteiger partial charge is 0.393 e. The summed E-state index contributed by atoms with van der Waals surface area (Å²) in [4.78, 5) is 29.8. The van der Waals surface area contributed by atoms with Crippen LogP contribution < -0.4 is 5.56 Å². The lowest BCUT2D eigenvalue weighted by molar-refractivity contribution is -0.188. The Hall–Kier alpha value is -2.39. The number of likely N-dealkylation sites (tertiary alicyclic amines) is 1. The van der Waals surface area contributed by atoms with E-state index in [0.29, 0.717) is 12.1 Å². The summed E-state index contributed by atoms with van der Waals surface area (Å²) in [6.07, 6.45) is -1.42. The Kier molecular flexibility index (Phi) is 4.06. The number of piperidine rings is 1. The molecule has 24 heavy (non-hydrogen) atoms. The second-order valence-corrected chi connectivity index (χ2v) is 5.90. The predicted octanol–water partition coefficient (Wildman–Crippen LogP) is 0.931. The van der Waals surface area contributed by atoms with Crippen molar-refractivity contribution in [2.45, 2.75) is 25.6 Å². The molecule has 1 fully saturated rings. The molecule has 0 unspecified atom stereocenters. The summed E-state index contributed by atoms with van der Waals surface area (Å²) >= 11 is 0. The molecule has 130 valence electrons. The van der Waals surface area contributed by atoms with Crippen LogP contribution in [0.1, 0.15) is 12.8 Å². The fourth-order valence-corrected chi connectivity index (χ4v) is 2.90. The summed E-state index contributed by atoms with van der Waals surface area (Å²) in [5, 5.41) is 4.19. The van der Waals surface area contributed by atoms with Crippen molar-refractivity contribution in [2.24, 2.45) is 13.0 Å². The highest BCUT2D eigenvalue weighted by atomic mass is 19.4. The van der Waals surface area contributed by atoms with E-state index in [9.17, 15) is 22.8 Å². The van der Waals surface area contributed by atoms with Crippen molar-refractivity contribution < 1.29 is 18.0 Å². The van der Waals surface area contributed by atoms with Crippen LogP contribution in [-0.2, 0) is 18.4 Å². The first-order valence-corrected chi connectivity index (χ1v) is 7.49. The maximum absolute atomic E-state index is 12.8. The fraction of sp³-hybridized carbons (Fsp3) is 0.571. The molecule has 0 radical (unpaired) electrons. The lowest BCUT2D eigenvalue weighted by Gasteiger charge is -2.33. The second-order valence-electron chi connectivity index (χ2n) is 5.90. The number of amides is 1. The SMILES string of the molecule is Cn1ncc2c(=O)n(CC(=O)N3CCC[C@H](C(F)(F)F)C3)cnc21. The van der Waals surface area contributed by atoms with Crippen molar-refractivity contribution in [3.8, 4) is 0 Å². The molecule has 3 heterocycles. The van der Waals surface area contributed by atoms with Gasteiger partial charge in [0.15, 0.2) is 5.65 Å². The minimum atomic E-state index is -4.31. The molecule has 1 aliphatic heterocycles. The Bertz CT molecular complexity index is 826. The highest BCUT2D eigenvalue weighted by Gasteiger charge is 2.42. The van der Waals surface area contributed by atoms with E-state index < -0.39 is 23.6 Å². The summed E-state index contributed by atoms with van der Waals surface area (Å²) in [6, 6.07) is 0. The maximum Gasteiger partial charge on any atom is 0.393 e. The zero-order chi connectivity index (χ0) is 17.5. The van der Waals surface area contributed by atoms with E-state index in [1.54, 1.807) is 7.05 Å². The summed E-state index contributed by atoms with van der Waals surface area (Å²) < 4.78 is 41.0. The van der Waals surface area contributed by atoms with Gasteiger partial charge in [-0.3, -0.25) is 18.8 Å². The fourth-order valence-electron chi connectivity index (χ4n) is 2.90. The van der Waals surface area contributed by atoms with Crippen molar-refractivity contribution in [1.29, 1.82) is 0 Å². The van der Waals surface area contributed by atoms with Gasteiger partial charge in [0.05, 0.1) is 12.1 Å². The maximum atomic E-state index is 12.8. The Morgan fingerprint density at radius 3 is 2.88 bits per heavy atom. The molecule has 1 saturated heterocycles. The van der Waals surface area contributed by atoms with Gasteiger partial charge in [0.2, 0.25) is 5.91 Å². The molecular weight excluding hydrogens is 327 g/mol. The minimum absolute atomic E-state index is 0.0242. The van der Waals surface area contributed by atoms with Gasteiger partial charge in [0.1, 0.15) is 18.3 Å². The van der Waals surface area contributed by atoms with E-state index >= 15 is 0 Å². The molecule has 1 atom stereocenters. The number of carbonyl (C=O) groups excluding carboxylic acids is 1. The van der Waals surface area contributed by atoms with E-state index in [2.05, 4.69) is 10.1 Å². The number of hydrogen-bond acceptors (Lipinski definition) is 4. The number of aryl methyl sites for hydroxylation is 1. The smallest absolute Gasteiger partial charge is 0.341 e. The number of halogens is 3. The Morgan fingerprint density at radius 1 is 1.42 bits per heavy atom. The van der Waals surface area contributed by atoms with Gasteiger partial charge >= 0.3 is 6.18 Å². The summed E-state index contributed by atoms with van der Waals surface area (Å²) in [6.45, 7) is -0.427. The summed E-state index contributed by atoms with van der Waals surface area (Å²) in [7, 11) is 1.63. The first-order valence-electron chi connectivity index (χ1n) is 7.49. The molecule has 2 aromatic heterocycles. The number of rotatable bonds is 2. The molecule has 3 rings (SSSR count). The molecule has 2 aromatic rings. The molecule has 1 aliphatic rings. The van der Waals surface area contributed by atoms with Crippen molar-refractivity contribution in [2.75, 3.05) is 13.1 Å². The van der Waals surface area contributed by atoms with E-state index in [1.807, 2.05) is 0 Å². The van der Waals surface area contributed by atoms with Gasteiger partial charge in [-0.05, 0) is 12.8 Å². The molecular formula is C14H16F3N5O2. The average molecular weight is 343 g/mol. The highest BCUT2D eigenvalue weighted by molar-refractivity contribution is 5.77. The number of alkyl halides is 3. The van der Waals surface area contributed by atoms with E-state index in [4.69, 9.17) is 0 Å². The third-order valence-electron chi connectivity index (χ3n) is 4.26. The molecule has 0 aliphatic carbocycles. The lowest BCUT2D eigenvalue weighted by Crippen LogP contribution is -2.46. The first-order chi connectivity index (χ1) is 11.3. The first kappa shape index (κ1) is 16.5. The van der Waals surface area contributed by atoms with Gasteiger partial charge in [-0.1, -0.05) is 0 Å². The van der Waals surface area contributed by atoms with Crippen LogP contribution in [0.25, 0.3) is 11.0 Å². The van der Waals surface area contributed by atoms with Gasteiger partial charge in [-0.15, -0.1) is 0 Å². The van der Waals surface area contributed by atoms with Crippen molar-refractivity contribution in [3.63, 3.8) is 0 Å². The Labute approximate surface area is 134 Å².